The number of nitrogens with zero attached hydrogens (tertiary/aromatic N) is 1. The molecule has 0 N–H and O–H groups in total. The molecule has 3 heteroatoms. The summed E-state index contributed by atoms with van der Waals surface area (Å²) >= 11 is 0. The number of rotatable bonds is 2. The van der Waals surface area contributed by atoms with Crippen LogP contribution in [-0.4, -0.2) is 28.9 Å². The SMILES string of the molecule is CC1(C)CCC(C)(CC2CO2)N1[O]. The van der Waals surface area contributed by atoms with Crippen LogP contribution in [0.4, 0.5) is 0 Å². The predicted molar refractivity (Wildman–Crippen MR) is 48.6 cm³/mol. The van der Waals surface area contributed by atoms with E-state index in [4.69, 9.17) is 4.74 Å². The van der Waals surface area contributed by atoms with Gasteiger partial charge in [0.1, 0.15) is 0 Å². The molecule has 3 nitrogen and oxygen atoms in total. The molecule has 2 saturated heterocycles. The van der Waals surface area contributed by atoms with Crippen LogP contribution in [0.15, 0.2) is 0 Å². The van der Waals surface area contributed by atoms with Gasteiger partial charge in [-0.15, -0.1) is 10.3 Å². The zero-order valence-corrected chi connectivity index (χ0v) is 8.67. The average Bonchev–Trinajstić information content (AvgIpc) is 2.80. The minimum atomic E-state index is -0.177. The first-order chi connectivity index (χ1) is 5.94. The third kappa shape index (κ3) is 1.60. The lowest BCUT2D eigenvalue weighted by Gasteiger charge is -2.34. The summed E-state index contributed by atoms with van der Waals surface area (Å²) in [5.41, 5.74) is -0.353. The van der Waals surface area contributed by atoms with Crippen LogP contribution in [0, 0.1) is 0 Å². The van der Waals surface area contributed by atoms with Crippen LogP contribution in [0.5, 0.6) is 0 Å². The maximum absolute atomic E-state index is 12.0. The standard InChI is InChI=1S/C10H18NO2/c1-9(2)4-5-10(3,11(9)12)6-8-7-13-8/h8H,4-7H2,1-3H3. The lowest BCUT2D eigenvalue weighted by atomic mass is 9.94. The van der Waals surface area contributed by atoms with Crippen molar-refractivity contribution in [3.05, 3.63) is 0 Å². The van der Waals surface area contributed by atoms with Crippen molar-refractivity contribution in [2.45, 2.75) is 57.2 Å². The molecule has 2 aliphatic rings. The monoisotopic (exact) mass is 184 g/mol. The smallest absolute Gasteiger partial charge is 0.0828 e. The lowest BCUT2D eigenvalue weighted by Crippen LogP contribution is -2.47. The molecule has 13 heavy (non-hydrogen) atoms. The van der Waals surface area contributed by atoms with Crippen molar-refractivity contribution in [3.63, 3.8) is 0 Å². The van der Waals surface area contributed by atoms with E-state index in [-0.39, 0.29) is 11.1 Å². The van der Waals surface area contributed by atoms with Crippen LogP contribution in [-0.2, 0) is 9.94 Å². The maximum atomic E-state index is 12.0. The van der Waals surface area contributed by atoms with Gasteiger partial charge in [0.05, 0.1) is 12.7 Å². The van der Waals surface area contributed by atoms with Crippen LogP contribution in [0.25, 0.3) is 0 Å². The Morgan fingerprint density at radius 1 is 1.38 bits per heavy atom. The zero-order chi connectivity index (χ0) is 9.69. The van der Waals surface area contributed by atoms with Gasteiger partial charge in [-0.2, -0.15) is 0 Å². The van der Waals surface area contributed by atoms with E-state index in [0.29, 0.717) is 6.10 Å². The fourth-order valence-corrected chi connectivity index (χ4v) is 2.37. The van der Waals surface area contributed by atoms with Gasteiger partial charge in [0.2, 0.25) is 0 Å². The van der Waals surface area contributed by atoms with E-state index >= 15 is 0 Å². The van der Waals surface area contributed by atoms with Gasteiger partial charge < -0.3 is 4.74 Å². The first kappa shape index (κ1) is 9.44. The molecule has 2 heterocycles. The summed E-state index contributed by atoms with van der Waals surface area (Å²) in [4.78, 5) is 0. The van der Waals surface area contributed by atoms with Crippen LogP contribution in [0.2, 0.25) is 0 Å². The fraction of sp³-hybridized carbons (Fsp3) is 1.00. The van der Waals surface area contributed by atoms with Crippen molar-refractivity contribution in [1.82, 2.24) is 5.06 Å². The first-order valence-electron chi connectivity index (χ1n) is 5.03. The predicted octanol–water partition coefficient (Wildman–Crippen LogP) is 1.75. The van der Waals surface area contributed by atoms with E-state index in [9.17, 15) is 5.21 Å². The van der Waals surface area contributed by atoms with Crippen molar-refractivity contribution in [1.29, 1.82) is 0 Å². The van der Waals surface area contributed by atoms with E-state index in [0.717, 1.165) is 25.9 Å². The van der Waals surface area contributed by atoms with E-state index in [1.807, 2.05) is 13.8 Å². The molecule has 0 saturated carbocycles. The van der Waals surface area contributed by atoms with Gasteiger partial charge in [0.25, 0.3) is 0 Å². The highest BCUT2D eigenvalue weighted by atomic mass is 16.6. The molecule has 1 radical (unpaired) electrons. The Kier molecular flexibility index (Phi) is 1.95. The van der Waals surface area contributed by atoms with Gasteiger partial charge in [0.15, 0.2) is 0 Å². The minimum absolute atomic E-state index is 0.176. The van der Waals surface area contributed by atoms with Crippen LogP contribution in [0.1, 0.15) is 40.0 Å². The van der Waals surface area contributed by atoms with Crippen LogP contribution >= 0.6 is 0 Å². The summed E-state index contributed by atoms with van der Waals surface area (Å²) in [5, 5.41) is 13.3. The van der Waals surface area contributed by atoms with E-state index in [1.54, 1.807) is 0 Å². The molecule has 0 bridgehead atoms. The lowest BCUT2D eigenvalue weighted by molar-refractivity contribution is -0.250. The fourth-order valence-electron chi connectivity index (χ4n) is 2.37. The Labute approximate surface area is 79.6 Å². The summed E-state index contributed by atoms with van der Waals surface area (Å²) in [6, 6.07) is 0. The molecule has 2 aliphatic heterocycles. The molecule has 0 aliphatic carbocycles. The third-order valence-electron chi connectivity index (χ3n) is 3.39. The molecule has 0 aromatic heterocycles. The number of ether oxygens (including phenoxy) is 1. The highest BCUT2D eigenvalue weighted by molar-refractivity contribution is 5.00. The molecule has 2 fully saturated rings. The Balaban J connectivity index is 2.05. The molecule has 75 valence electrons. The molecule has 2 rings (SSSR count). The summed E-state index contributed by atoms with van der Waals surface area (Å²) in [5.74, 6) is 0. The van der Waals surface area contributed by atoms with Crippen molar-refractivity contribution in [2.75, 3.05) is 6.61 Å². The van der Waals surface area contributed by atoms with Gasteiger partial charge in [-0.05, 0) is 40.0 Å². The second-order valence-electron chi connectivity index (χ2n) is 5.26. The highest BCUT2D eigenvalue weighted by Gasteiger charge is 2.50. The summed E-state index contributed by atoms with van der Waals surface area (Å²) < 4.78 is 5.19. The zero-order valence-electron chi connectivity index (χ0n) is 8.67. The average molecular weight is 184 g/mol. The molecular weight excluding hydrogens is 166 g/mol. The first-order valence-corrected chi connectivity index (χ1v) is 5.03. The van der Waals surface area contributed by atoms with Crippen molar-refractivity contribution < 1.29 is 9.94 Å². The number of epoxide rings is 1. The molecule has 0 amide bonds. The molecule has 2 unspecified atom stereocenters. The Morgan fingerprint density at radius 3 is 2.38 bits per heavy atom. The number of hydrogen-bond donors (Lipinski definition) is 0. The Hall–Kier alpha value is -0.120. The molecule has 2 atom stereocenters. The maximum Gasteiger partial charge on any atom is 0.0828 e. The Morgan fingerprint density at radius 2 is 2.00 bits per heavy atom. The van der Waals surface area contributed by atoms with Gasteiger partial charge >= 0.3 is 0 Å². The van der Waals surface area contributed by atoms with Crippen LogP contribution in [0.3, 0.4) is 0 Å². The Bertz CT molecular complexity index is 213. The van der Waals surface area contributed by atoms with Crippen LogP contribution < -0.4 is 0 Å². The van der Waals surface area contributed by atoms with Gasteiger partial charge in [0, 0.05) is 11.1 Å². The largest absolute Gasteiger partial charge is 0.373 e. The summed E-state index contributed by atoms with van der Waals surface area (Å²) in [6.45, 7) is 6.97. The van der Waals surface area contributed by atoms with Gasteiger partial charge in [-0.3, -0.25) is 0 Å². The molecule has 0 aromatic carbocycles. The quantitative estimate of drug-likeness (QED) is 0.613. The van der Waals surface area contributed by atoms with Gasteiger partial charge in [-0.25, -0.2) is 0 Å². The summed E-state index contributed by atoms with van der Waals surface area (Å²) in [6.07, 6.45) is 3.26. The number of hydrogen-bond acceptors (Lipinski definition) is 2. The minimum Gasteiger partial charge on any atom is -0.373 e. The molecule has 0 aromatic rings. The highest BCUT2D eigenvalue weighted by Crippen LogP contribution is 2.43. The van der Waals surface area contributed by atoms with Crippen molar-refractivity contribution in [3.8, 4) is 0 Å². The number of hydroxylamine groups is 2. The molecular formula is C10H18NO2. The molecule has 0 spiro atoms. The van der Waals surface area contributed by atoms with Crippen molar-refractivity contribution >= 4 is 0 Å². The van der Waals surface area contributed by atoms with Crippen molar-refractivity contribution in [2.24, 2.45) is 0 Å². The van der Waals surface area contributed by atoms with E-state index in [2.05, 4.69) is 6.92 Å². The second kappa shape index (κ2) is 2.69. The summed E-state index contributed by atoms with van der Waals surface area (Å²) in [7, 11) is 0. The van der Waals surface area contributed by atoms with E-state index in [1.165, 1.54) is 5.06 Å². The third-order valence-corrected chi connectivity index (χ3v) is 3.39. The second-order valence-corrected chi connectivity index (χ2v) is 5.26. The topological polar surface area (TPSA) is 35.7 Å². The van der Waals surface area contributed by atoms with Gasteiger partial charge in [-0.1, -0.05) is 0 Å². The van der Waals surface area contributed by atoms with E-state index < -0.39 is 0 Å². The normalized spacial score (nSPS) is 43.8.